The predicted molar refractivity (Wildman–Crippen MR) is 42.7 cm³/mol. The molecule has 9 heavy (non-hydrogen) atoms. The van der Waals surface area contributed by atoms with E-state index < -0.39 is 0 Å². The lowest BCUT2D eigenvalue weighted by Crippen LogP contribution is -2.26. The van der Waals surface area contributed by atoms with Crippen LogP contribution in [0.4, 0.5) is 0 Å². The van der Waals surface area contributed by atoms with E-state index in [0.29, 0.717) is 0 Å². The van der Waals surface area contributed by atoms with Crippen LogP contribution in [0.15, 0.2) is 12.2 Å². The molecule has 3 aliphatic carbocycles. The number of alkyl halides is 1. The van der Waals surface area contributed by atoms with E-state index in [2.05, 4.69) is 28.1 Å². The fourth-order valence-electron chi connectivity index (χ4n) is 1.86. The van der Waals surface area contributed by atoms with Crippen molar-refractivity contribution in [1.82, 2.24) is 0 Å². The van der Waals surface area contributed by atoms with Crippen LogP contribution in [0.25, 0.3) is 0 Å². The zero-order valence-corrected chi connectivity index (χ0v) is 6.97. The second-order valence-corrected chi connectivity index (χ2v) is 4.31. The summed E-state index contributed by atoms with van der Waals surface area (Å²) >= 11 is 3.69. The summed E-state index contributed by atoms with van der Waals surface area (Å²) in [5.74, 6) is 1.76. The molecular weight excluding hydrogens is 176 g/mol. The monoisotopic (exact) mass is 186 g/mol. The van der Waals surface area contributed by atoms with Crippen LogP contribution in [0.1, 0.15) is 19.3 Å². The van der Waals surface area contributed by atoms with Crippen LogP contribution in [-0.4, -0.2) is 4.83 Å². The van der Waals surface area contributed by atoms with E-state index in [9.17, 15) is 0 Å². The molecule has 3 rings (SSSR count). The van der Waals surface area contributed by atoms with E-state index in [1.54, 1.807) is 0 Å². The molecule has 0 aromatic carbocycles. The molecule has 0 aliphatic heterocycles. The van der Waals surface area contributed by atoms with Gasteiger partial charge in [-0.1, -0.05) is 28.1 Å². The molecule has 50 valence electrons. The maximum Gasteiger partial charge on any atom is 0.0214 e. The van der Waals surface area contributed by atoms with Crippen LogP contribution in [0.2, 0.25) is 0 Å². The molecule has 3 atom stereocenters. The summed E-state index contributed by atoms with van der Waals surface area (Å²) in [5, 5.41) is 0. The second-order valence-electron chi connectivity index (χ2n) is 3.14. The highest BCUT2D eigenvalue weighted by Gasteiger charge is 2.29. The molecule has 3 aliphatic rings. The van der Waals surface area contributed by atoms with Crippen LogP contribution in [0, 0.1) is 11.8 Å². The van der Waals surface area contributed by atoms with Crippen LogP contribution in [0.5, 0.6) is 0 Å². The van der Waals surface area contributed by atoms with Gasteiger partial charge < -0.3 is 0 Å². The van der Waals surface area contributed by atoms with Crippen molar-refractivity contribution in [3.63, 3.8) is 0 Å². The Bertz CT molecular complexity index is 140. The number of rotatable bonds is 0. The van der Waals surface area contributed by atoms with Crippen LogP contribution in [-0.2, 0) is 0 Å². The summed E-state index contributed by atoms with van der Waals surface area (Å²) in [7, 11) is 0. The minimum absolute atomic E-state index is 0.793. The summed E-state index contributed by atoms with van der Waals surface area (Å²) in [4.78, 5) is 0.793. The molecule has 0 aromatic rings. The van der Waals surface area contributed by atoms with E-state index in [0.717, 1.165) is 16.7 Å². The quantitative estimate of drug-likeness (QED) is 0.404. The molecule has 2 bridgehead atoms. The molecule has 0 saturated heterocycles. The van der Waals surface area contributed by atoms with E-state index in [1.165, 1.54) is 19.3 Å². The molecule has 0 aromatic heterocycles. The molecule has 1 heteroatoms. The van der Waals surface area contributed by atoms with Crippen LogP contribution >= 0.6 is 15.9 Å². The molecule has 0 nitrogen and oxygen atoms in total. The molecule has 0 heterocycles. The highest BCUT2D eigenvalue weighted by atomic mass is 79.9. The Balaban J connectivity index is 2.20. The van der Waals surface area contributed by atoms with Gasteiger partial charge in [-0.05, 0) is 31.1 Å². The molecule has 0 amide bonds. The zero-order valence-electron chi connectivity index (χ0n) is 5.39. The summed E-state index contributed by atoms with van der Waals surface area (Å²) in [6.45, 7) is 0. The maximum atomic E-state index is 3.69. The van der Waals surface area contributed by atoms with Crippen molar-refractivity contribution < 1.29 is 0 Å². The number of halogens is 1. The summed E-state index contributed by atoms with van der Waals surface area (Å²) in [6, 6.07) is 0. The summed E-state index contributed by atoms with van der Waals surface area (Å²) in [6.07, 6.45) is 9.00. The van der Waals surface area contributed by atoms with Crippen molar-refractivity contribution in [1.29, 1.82) is 0 Å². The third kappa shape index (κ3) is 0.958. The van der Waals surface area contributed by atoms with Crippen molar-refractivity contribution in [3.05, 3.63) is 12.2 Å². The lowest BCUT2D eigenvalue weighted by Gasteiger charge is -2.34. The lowest BCUT2D eigenvalue weighted by molar-refractivity contribution is 0.344. The Labute approximate surface area is 64.5 Å². The number of hydrogen-bond donors (Lipinski definition) is 0. The fraction of sp³-hybridized carbons (Fsp3) is 0.750. The van der Waals surface area contributed by atoms with Gasteiger partial charge in [-0.2, -0.15) is 0 Å². The number of hydrogen-bond acceptors (Lipinski definition) is 0. The van der Waals surface area contributed by atoms with Crippen LogP contribution < -0.4 is 0 Å². The standard InChI is InChI=1S/C8H11Br/c9-8-5-6-1-3-7(8)4-2-6/h1,3,6-8H,2,4-5H2. The van der Waals surface area contributed by atoms with Crippen molar-refractivity contribution in [3.8, 4) is 0 Å². The number of allylic oxidation sites excluding steroid dienone is 2. The molecule has 1 fully saturated rings. The Morgan fingerprint density at radius 1 is 1.22 bits per heavy atom. The third-order valence-electron chi connectivity index (χ3n) is 2.49. The van der Waals surface area contributed by atoms with Gasteiger partial charge in [0, 0.05) is 4.83 Å². The van der Waals surface area contributed by atoms with Gasteiger partial charge in [0.25, 0.3) is 0 Å². The summed E-state index contributed by atoms with van der Waals surface area (Å²) < 4.78 is 0. The first kappa shape index (κ1) is 5.96. The van der Waals surface area contributed by atoms with Gasteiger partial charge in [0.2, 0.25) is 0 Å². The van der Waals surface area contributed by atoms with E-state index >= 15 is 0 Å². The van der Waals surface area contributed by atoms with E-state index in [4.69, 9.17) is 0 Å². The van der Waals surface area contributed by atoms with Crippen LogP contribution in [0.3, 0.4) is 0 Å². The largest absolute Gasteiger partial charge is 0.0884 e. The lowest BCUT2D eigenvalue weighted by atomic mass is 9.76. The molecule has 3 unspecified atom stereocenters. The first-order valence-electron chi connectivity index (χ1n) is 3.68. The zero-order chi connectivity index (χ0) is 6.27. The van der Waals surface area contributed by atoms with Crippen molar-refractivity contribution in [2.45, 2.75) is 24.1 Å². The van der Waals surface area contributed by atoms with Gasteiger partial charge in [0.1, 0.15) is 0 Å². The first-order valence-corrected chi connectivity index (χ1v) is 4.60. The van der Waals surface area contributed by atoms with Gasteiger partial charge in [-0.3, -0.25) is 0 Å². The van der Waals surface area contributed by atoms with E-state index in [-0.39, 0.29) is 0 Å². The molecular formula is C8H11Br. The van der Waals surface area contributed by atoms with Gasteiger partial charge in [0.05, 0.1) is 0 Å². The fourth-order valence-corrected chi connectivity index (χ4v) is 2.78. The van der Waals surface area contributed by atoms with Gasteiger partial charge >= 0.3 is 0 Å². The Morgan fingerprint density at radius 2 is 2.11 bits per heavy atom. The Morgan fingerprint density at radius 3 is 2.33 bits per heavy atom. The SMILES string of the molecule is BrC1CC2C=CC1CC2. The average molecular weight is 187 g/mol. The predicted octanol–water partition coefficient (Wildman–Crippen LogP) is 2.74. The third-order valence-corrected chi connectivity index (χ3v) is 3.55. The second kappa shape index (κ2) is 2.12. The van der Waals surface area contributed by atoms with Gasteiger partial charge in [-0.25, -0.2) is 0 Å². The topological polar surface area (TPSA) is 0 Å². The first-order chi connectivity index (χ1) is 4.36. The smallest absolute Gasteiger partial charge is 0.0214 e. The molecule has 0 N–H and O–H groups in total. The normalized spacial score (nSPS) is 47.9. The molecule has 0 radical (unpaired) electrons. The Kier molecular flexibility index (Phi) is 1.40. The van der Waals surface area contributed by atoms with Crippen molar-refractivity contribution in [2.24, 2.45) is 11.8 Å². The minimum atomic E-state index is 0.793. The molecule has 0 spiro atoms. The van der Waals surface area contributed by atoms with Gasteiger partial charge in [0.15, 0.2) is 0 Å². The van der Waals surface area contributed by atoms with Crippen molar-refractivity contribution >= 4 is 15.9 Å². The molecule has 1 saturated carbocycles. The Hall–Kier alpha value is 0.220. The maximum absolute atomic E-state index is 3.69. The highest BCUT2D eigenvalue weighted by molar-refractivity contribution is 9.09. The van der Waals surface area contributed by atoms with E-state index in [1.807, 2.05) is 0 Å². The van der Waals surface area contributed by atoms with Gasteiger partial charge in [-0.15, -0.1) is 0 Å². The average Bonchev–Trinajstić information content (AvgIpc) is 1.90. The minimum Gasteiger partial charge on any atom is -0.0884 e. The summed E-state index contributed by atoms with van der Waals surface area (Å²) in [5.41, 5.74) is 0. The number of fused-ring (bicyclic) bond motifs is 2. The van der Waals surface area contributed by atoms with Crippen molar-refractivity contribution in [2.75, 3.05) is 0 Å². The highest BCUT2D eigenvalue weighted by Crippen LogP contribution is 2.39.